The van der Waals surface area contributed by atoms with Gasteiger partial charge in [-0.25, -0.2) is 4.79 Å². The van der Waals surface area contributed by atoms with Crippen molar-refractivity contribution in [3.05, 3.63) is 94.5 Å². The summed E-state index contributed by atoms with van der Waals surface area (Å²) in [6.07, 6.45) is 0.859. The van der Waals surface area contributed by atoms with E-state index in [-0.39, 0.29) is 17.7 Å². The van der Waals surface area contributed by atoms with E-state index in [4.69, 9.17) is 11.6 Å². The molecular weight excluding hydrogens is 438 g/mol. The lowest BCUT2D eigenvalue weighted by Gasteiger charge is -2.35. The number of halogens is 1. The van der Waals surface area contributed by atoms with E-state index in [1.165, 1.54) is 6.92 Å². The Kier molecular flexibility index (Phi) is 6.75. The highest BCUT2D eigenvalue weighted by atomic mass is 35.5. The van der Waals surface area contributed by atoms with E-state index in [2.05, 4.69) is 5.32 Å². The van der Waals surface area contributed by atoms with Crippen molar-refractivity contribution in [1.82, 2.24) is 4.90 Å². The molecule has 1 aliphatic rings. The summed E-state index contributed by atoms with van der Waals surface area (Å²) in [6.45, 7) is 3.35. The molecule has 3 amide bonds. The van der Waals surface area contributed by atoms with Crippen LogP contribution in [0.4, 0.5) is 16.2 Å². The molecule has 168 valence electrons. The van der Waals surface area contributed by atoms with Crippen LogP contribution >= 0.6 is 11.6 Å². The van der Waals surface area contributed by atoms with Gasteiger partial charge in [-0.05, 0) is 79.6 Å². The average molecular weight is 462 g/mol. The standard InChI is InChI=1S/C26H24ClN3O3/c1-18(31)20-5-11-23(12-6-20)28-25(32)21-7-13-24(14-8-21)30-16-2-15-29(26(30)33)17-19-3-9-22(27)10-4-19/h3-14H,2,15-17H2,1H3,(H,28,32). The van der Waals surface area contributed by atoms with Crippen molar-refractivity contribution in [2.45, 2.75) is 19.9 Å². The minimum Gasteiger partial charge on any atom is -0.322 e. The van der Waals surface area contributed by atoms with Crippen LogP contribution in [-0.2, 0) is 6.54 Å². The number of benzene rings is 3. The molecule has 0 saturated carbocycles. The van der Waals surface area contributed by atoms with Crippen molar-refractivity contribution in [3.8, 4) is 0 Å². The summed E-state index contributed by atoms with van der Waals surface area (Å²) in [7, 11) is 0. The molecule has 1 aliphatic heterocycles. The summed E-state index contributed by atoms with van der Waals surface area (Å²) in [5, 5.41) is 3.49. The molecule has 0 radical (unpaired) electrons. The maximum absolute atomic E-state index is 13.1. The molecule has 4 rings (SSSR count). The van der Waals surface area contributed by atoms with Gasteiger partial charge in [0.1, 0.15) is 0 Å². The third-order valence-corrected chi connectivity index (χ3v) is 5.84. The lowest BCUT2D eigenvalue weighted by atomic mass is 10.1. The van der Waals surface area contributed by atoms with Gasteiger partial charge in [-0.3, -0.25) is 14.5 Å². The molecule has 1 heterocycles. The predicted octanol–water partition coefficient (Wildman–Crippen LogP) is 5.63. The quantitative estimate of drug-likeness (QED) is 0.484. The van der Waals surface area contributed by atoms with E-state index in [0.29, 0.717) is 41.5 Å². The molecule has 3 aromatic rings. The number of urea groups is 1. The van der Waals surface area contributed by atoms with Gasteiger partial charge in [0.15, 0.2) is 5.78 Å². The molecule has 0 bridgehead atoms. The lowest BCUT2D eigenvalue weighted by Crippen LogP contribution is -2.49. The molecule has 1 N–H and O–H groups in total. The number of amides is 3. The summed E-state index contributed by atoms with van der Waals surface area (Å²) in [4.78, 5) is 40.6. The molecule has 1 fully saturated rings. The largest absolute Gasteiger partial charge is 0.324 e. The van der Waals surface area contributed by atoms with Crippen molar-refractivity contribution in [2.75, 3.05) is 23.3 Å². The molecule has 33 heavy (non-hydrogen) atoms. The summed E-state index contributed by atoms with van der Waals surface area (Å²) in [5.41, 5.74) is 3.46. The highest BCUT2D eigenvalue weighted by Gasteiger charge is 2.27. The molecule has 0 atom stereocenters. The Hall–Kier alpha value is -3.64. The number of ketones is 1. The van der Waals surface area contributed by atoms with Gasteiger partial charge in [0.05, 0.1) is 0 Å². The van der Waals surface area contributed by atoms with Crippen LogP contribution < -0.4 is 10.2 Å². The van der Waals surface area contributed by atoms with Gasteiger partial charge in [-0.15, -0.1) is 0 Å². The predicted molar refractivity (Wildman–Crippen MR) is 130 cm³/mol. The molecule has 7 heteroatoms. The van der Waals surface area contributed by atoms with Crippen molar-refractivity contribution in [3.63, 3.8) is 0 Å². The number of carbonyl (C=O) groups is 3. The number of rotatable bonds is 6. The van der Waals surface area contributed by atoms with Crippen LogP contribution in [0.3, 0.4) is 0 Å². The fourth-order valence-electron chi connectivity index (χ4n) is 3.76. The van der Waals surface area contributed by atoms with Crippen molar-refractivity contribution in [1.29, 1.82) is 0 Å². The Balaban J connectivity index is 1.41. The van der Waals surface area contributed by atoms with Crippen LogP contribution in [-0.4, -0.2) is 35.7 Å². The van der Waals surface area contributed by atoms with Gasteiger partial charge in [0, 0.05) is 47.2 Å². The molecule has 0 aliphatic carbocycles. The van der Waals surface area contributed by atoms with Crippen LogP contribution in [0.15, 0.2) is 72.8 Å². The second-order valence-corrected chi connectivity index (χ2v) is 8.41. The summed E-state index contributed by atoms with van der Waals surface area (Å²) in [6, 6.07) is 21.2. The Morgan fingerprint density at radius 3 is 2.15 bits per heavy atom. The van der Waals surface area contributed by atoms with Gasteiger partial charge in [0.2, 0.25) is 0 Å². The smallest absolute Gasteiger partial charge is 0.322 e. The summed E-state index contributed by atoms with van der Waals surface area (Å²) in [5.74, 6) is -0.283. The first kappa shape index (κ1) is 22.6. The van der Waals surface area contributed by atoms with Crippen LogP contribution in [0.2, 0.25) is 5.02 Å². The molecule has 0 spiro atoms. The third-order valence-electron chi connectivity index (χ3n) is 5.59. The summed E-state index contributed by atoms with van der Waals surface area (Å²) < 4.78 is 0. The van der Waals surface area contributed by atoms with E-state index in [0.717, 1.165) is 17.7 Å². The van der Waals surface area contributed by atoms with E-state index < -0.39 is 0 Å². The highest BCUT2D eigenvalue weighted by Crippen LogP contribution is 2.23. The fraction of sp³-hybridized carbons (Fsp3) is 0.192. The van der Waals surface area contributed by atoms with Gasteiger partial charge in [-0.2, -0.15) is 0 Å². The fourth-order valence-corrected chi connectivity index (χ4v) is 3.89. The number of hydrogen-bond donors (Lipinski definition) is 1. The Bertz CT molecular complexity index is 1160. The Morgan fingerprint density at radius 1 is 0.879 bits per heavy atom. The van der Waals surface area contributed by atoms with E-state index in [1.807, 2.05) is 29.2 Å². The molecule has 3 aromatic carbocycles. The lowest BCUT2D eigenvalue weighted by molar-refractivity contribution is 0.101. The van der Waals surface area contributed by atoms with Crippen LogP contribution in [0, 0.1) is 0 Å². The van der Waals surface area contributed by atoms with Crippen molar-refractivity contribution >= 4 is 40.7 Å². The van der Waals surface area contributed by atoms with Crippen LogP contribution in [0.1, 0.15) is 39.6 Å². The topological polar surface area (TPSA) is 69.7 Å². The number of nitrogens with one attached hydrogen (secondary N) is 1. The van der Waals surface area contributed by atoms with Crippen LogP contribution in [0.25, 0.3) is 0 Å². The zero-order valence-corrected chi connectivity index (χ0v) is 19.0. The monoisotopic (exact) mass is 461 g/mol. The number of anilines is 2. The number of carbonyl (C=O) groups excluding carboxylic acids is 3. The minimum absolute atomic E-state index is 0.0255. The van der Waals surface area contributed by atoms with Crippen LogP contribution in [0.5, 0.6) is 0 Å². The third kappa shape index (κ3) is 5.41. The average Bonchev–Trinajstić information content (AvgIpc) is 2.82. The highest BCUT2D eigenvalue weighted by molar-refractivity contribution is 6.30. The first-order valence-corrected chi connectivity index (χ1v) is 11.1. The maximum Gasteiger partial charge on any atom is 0.324 e. The van der Waals surface area contributed by atoms with Gasteiger partial charge in [0.25, 0.3) is 5.91 Å². The summed E-state index contributed by atoms with van der Waals surface area (Å²) >= 11 is 5.95. The second-order valence-electron chi connectivity index (χ2n) is 7.97. The van der Waals surface area contributed by atoms with E-state index in [9.17, 15) is 14.4 Å². The van der Waals surface area contributed by atoms with Gasteiger partial charge >= 0.3 is 6.03 Å². The molecule has 0 unspecified atom stereocenters. The Morgan fingerprint density at radius 2 is 1.52 bits per heavy atom. The maximum atomic E-state index is 13.1. The Labute approximate surface area is 197 Å². The number of Topliss-reactive ketones (excluding diaryl/α,β-unsaturated/α-hetero) is 1. The van der Waals surface area contributed by atoms with Gasteiger partial charge < -0.3 is 10.2 Å². The molecule has 6 nitrogen and oxygen atoms in total. The molecule has 1 saturated heterocycles. The van der Waals surface area contributed by atoms with Gasteiger partial charge in [-0.1, -0.05) is 23.7 Å². The number of hydrogen-bond acceptors (Lipinski definition) is 3. The zero-order chi connectivity index (χ0) is 23.4. The van der Waals surface area contributed by atoms with E-state index in [1.54, 1.807) is 53.4 Å². The first-order valence-electron chi connectivity index (χ1n) is 10.7. The van der Waals surface area contributed by atoms with Crippen molar-refractivity contribution in [2.24, 2.45) is 0 Å². The van der Waals surface area contributed by atoms with Crippen molar-refractivity contribution < 1.29 is 14.4 Å². The zero-order valence-electron chi connectivity index (χ0n) is 18.3. The molecule has 0 aromatic heterocycles. The second kappa shape index (κ2) is 9.88. The SMILES string of the molecule is CC(=O)c1ccc(NC(=O)c2ccc(N3CCCN(Cc4ccc(Cl)cc4)C3=O)cc2)cc1. The normalized spacial score (nSPS) is 13.7. The number of nitrogens with zero attached hydrogens (tertiary/aromatic N) is 2. The van der Waals surface area contributed by atoms with E-state index >= 15 is 0 Å². The minimum atomic E-state index is -0.258. The first-order chi connectivity index (χ1) is 15.9. The molecular formula is C26H24ClN3O3.